The standard InChI is InChI=1S/C14H23NO5/c1-19-10-14(13(17)18)5-2-6-15(9-14)12(16)8-20-7-11-3-4-11/h11H,2-10H2,1H3,(H,17,18). The van der Waals surface area contributed by atoms with Crippen molar-refractivity contribution in [3.8, 4) is 0 Å². The quantitative estimate of drug-likeness (QED) is 0.747. The van der Waals surface area contributed by atoms with E-state index < -0.39 is 11.4 Å². The van der Waals surface area contributed by atoms with E-state index in [-0.39, 0.29) is 25.7 Å². The highest BCUT2D eigenvalue weighted by atomic mass is 16.5. The third kappa shape index (κ3) is 3.70. The first-order valence-corrected chi connectivity index (χ1v) is 7.15. The minimum atomic E-state index is -0.973. The van der Waals surface area contributed by atoms with Crippen LogP contribution in [0.25, 0.3) is 0 Å². The molecule has 0 aromatic carbocycles. The first-order chi connectivity index (χ1) is 9.57. The largest absolute Gasteiger partial charge is 0.481 e. The number of rotatable bonds is 7. The zero-order valence-corrected chi connectivity index (χ0v) is 12.0. The molecule has 114 valence electrons. The van der Waals surface area contributed by atoms with Gasteiger partial charge in [-0.2, -0.15) is 0 Å². The summed E-state index contributed by atoms with van der Waals surface area (Å²) in [5.41, 5.74) is -0.973. The van der Waals surface area contributed by atoms with Crippen LogP contribution in [0.5, 0.6) is 0 Å². The Labute approximate surface area is 119 Å². The zero-order valence-electron chi connectivity index (χ0n) is 12.0. The number of piperidine rings is 1. The van der Waals surface area contributed by atoms with Crippen molar-refractivity contribution >= 4 is 11.9 Å². The minimum Gasteiger partial charge on any atom is -0.481 e. The van der Waals surface area contributed by atoms with Crippen molar-refractivity contribution in [2.75, 3.05) is 40.0 Å². The summed E-state index contributed by atoms with van der Waals surface area (Å²) in [4.78, 5) is 25.2. The number of nitrogens with zero attached hydrogens (tertiary/aromatic N) is 1. The highest BCUT2D eigenvalue weighted by Crippen LogP contribution is 2.31. The molecule has 1 saturated carbocycles. The monoisotopic (exact) mass is 285 g/mol. The topological polar surface area (TPSA) is 76.1 Å². The molecule has 0 aromatic rings. The average molecular weight is 285 g/mol. The molecular weight excluding hydrogens is 262 g/mol. The van der Waals surface area contributed by atoms with Crippen molar-refractivity contribution in [2.24, 2.45) is 11.3 Å². The van der Waals surface area contributed by atoms with E-state index in [2.05, 4.69) is 0 Å². The lowest BCUT2D eigenvalue weighted by atomic mass is 9.80. The molecule has 1 atom stereocenters. The molecule has 6 nitrogen and oxygen atoms in total. The van der Waals surface area contributed by atoms with Crippen LogP contribution in [0.1, 0.15) is 25.7 Å². The number of ether oxygens (including phenoxy) is 2. The van der Waals surface area contributed by atoms with E-state index in [1.54, 1.807) is 4.90 Å². The maximum absolute atomic E-state index is 12.1. The van der Waals surface area contributed by atoms with Crippen molar-refractivity contribution in [3.05, 3.63) is 0 Å². The van der Waals surface area contributed by atoms with Gasteiger partial charge in [0, 0.05) is 20.2 Å². The first kappa shape index (κ1) is 15.3. The Balaban J connectivity index is 1.86. The summed E-state index contributed by atoms with van der Waals surface area (Å²) in [6.45, 7) is 1.64. The molecule has 1 unspecified atom stereocenters. The highest BCUT2D eigenvalue weighted by molar-refractivity contribution is 5.80. The molecule has 20 heavy (non-hydrogen) atoms. The van der Waals surface area contributed by atoms with Crippen LogP contribution in [0.3, 0.4) is 0 Å². The van der Waals surface area contributed by atoms with E-state index in [0.717, 1.165) is 0 Å². The third-order valence-electron chi connectivity index (χ3n) is 4.08. The van der Waals surface area contributed by atoms with Crippen LogP contribution in [-0.2, 0) is 19.1 Å². The predicted molar refractivity (Wildman–Crippen MR) is 71.3 cm³/mol. The van der Waals surface area contributed by atoms with Gasteiger partial charge in [0.15, 0.2) is 0 Å². The van der Waals surface area contributed by atoms with Crippen LogP contribution in [0.4, 0.5) is 0 Å². The second-order valence-corrected chi connectivity index (χ2v) is 5.90. The Morgan fingerprint density at radius 2 is 2.15 bits per heavy atom. The Hall–Kier alpha value is -1.14. The van der Waals surface area contributed by atoms with Gasteiger partial charge in [-0.25, -0.2) is 0 Å². The SMILES string of the molecule is COCC1(C(=O)O)CCCN(C(=O)COCC2CC2)C1. The van der Waals surface area contributed by atoms with E-state index in [9.17, 15) is 14.7 Å². The number of hydrogen-bond acceptors (Lipinski definition) is 4. The lowest BCUT2D eigenvalue weighted by molar-refractivity contribution is -0.160. The molecule has 2 rings (SSSR count). The van der Waals surface area contributed by atoms with E-state index in [0.29, 0.717) is 31.9 Å². The van der Waals surface area contributed by atoms with Crippen LogP contribution in [0, 0.1) is 11.3 Å². The summed E-state index contributed by atoms with van der Waals surface area (Å²) in [6, 6.07) is 0. The maximum atomic E-state index is 12.1. The van der Waals surface area contributed by atoms with Gasteiger partial charge in [-0.05, 0) is 31.6 Å². The van der Waals surface area contributed by atoms with E-state index in [4.69, 9.17) is 9.47 Å². The van der Waals surface area contributed by atoms with Gasteiger partial charge in [-0.15, -0.1) is 0 Å². The molecule has 1 aliphatic heterocycles. The summed E-state index contributed by atoms with van der Waals surface area (Å²) in [5.74, 6) is -0.390. The van der Waals surface area contributed by atoms with Gasteiger partial charge >= 0.3 is 5.97 Å². The van der Waals surface area contributed by atoms with Crippen LogP contribution in [0.2, 0.25) is 0 Å². The fourth-order valence-electron chi connectivity index (χ4n) is 2.66. The molecule has 0 spiro atoms. The first-order valence-electron chi connectivity index (χ1n) is 7.15. The van der Waals surface area contributed by atoms with Crippen molar-refractivity contribution in [1.82, 2.24) is 4.90 Å². The second-order valence-electron chi connectivity index (χ2n) is 5.90. The van der Waals surface area contributed by atoms with E-state index >= 15 is 0 Å². The molecule has 6 heteroatoms. The van der Waals surface area contributed by atoms with Crippen LogP contribution in [0.15, 0.2) is 0 Å². The molecule has 0 bridgehead atoms. The average Bonchev–Trinajstić information content (AvgIpc) is 3.23. The highest BCUT2D eigenvalue weighted by Gasteiger charge is 2.43. The minimum absolute atomic E-state index is 0.0547. The molecule has 1 N–H and O–H groups in total. The maximum Gasteiger partial charge on any atom is 0.313 e. The van der Waals surface area contributed by atoms with Crippen molar-refractivity contribution in [2.45, 2.75) is 25.7 Å². The summed E-state index contributed by atoms with van der Waals surface area (Å²) in [6.07, 6.45) is 3.61. The lowest BCUT2D eigenvalue weighted by Gasteiger charge is -2.39. The smallest absolute Gasteiger partial charge is 0.313 e. The Kier molecular flexibility index (Phi) is 4.99. The number of likely N-dealkylation sites (tertiary alicyclic amines) is 1. The number of carbonyl (C=O) groups excluding carboxylic acids is 1. The van der Waals surface area contributed by atoms with E-state index in [1.807, 2.05) is 0 Å². The number of hydrogen-bond donors (Lipinski definition) is 1. The normalized spacial score (nSPS) is 26.6. The fourth-order valence-corrected chi connectivity index (χ4v) is 2.66. The molecule has 0 aromatic heterocycles. The third-order valence-corrected chi connectivity index (χ3v) is 4.08. The number of aliphatic carboxylic acids is 1. The van der Waals surface area contributed by atoms with Crippen molar-refractivity contribution in [3.63, 3.8) is 0 Å². The van der Waals surface area contributed by atoms with Gasteiger partial charge in [0.05, 0.1) is 13.2 Å². The van der Waals surface area contributed by atoms with Gasteiger partial charge in [0.2, 0.25) is 5.91 Å². The summed E-state index contributed by atoms with van der Waals surface area (Å²) in [5, 5.41) is 9.43. The van der Waals surface area contributed by atoms with Gasteiger partial charge in [-0.1, -0.05) is 0 Å². The summed E-state index contributed by atoms with van der Waals surface area (Å²) in [7, 11) is 1.49. The molecular formula is C14H23NO5. The van der Waals surface area contributed by atoms with Crippen LogP contribution >= 0.6 is 0 Å². The zero-order chi connectivity index (χ0) is 14.6. The number of amides is 1. The van der Waals surface area contributed by atoms with Gasteiger partial charge in [0.1, 0.15) is 12.0 Å². The molecule has 0 radical (unpaired) electrons. The molecule has 2 aliphatic rings. The van der Waals surface area contributed by atoms with Gasteiger partial charge in [0.25, 0.3) is 0 Å². The second kappa shape index (κ2) is 6.54. The van der Waals surface area contributed by atoms with Crippen molar-refractivity contribution < 1.29 is 24.2 Å². The number of carboxylic acid groups (broad SMARTS) is 1. The molecule has 1 aliphatic carbocycles. The van der Waals surface area contributed by atoms with Gasteiger partial charge < -0.3 is 19.5 Å². The Morgan fingerprint density at radius 3 is 2.75 bits per heavy atom. The Bertz CT molecular complexity index is 365. The van der Waals surface area contributed by atoms with Gasteiger partial charge in [-0.3, -0.25) is 9.59 Å². The molecule has 1 heterocycles. The molecule has 2 fully saturated rings. The fraction of sp³-hybridized carbons (Fsp3) is 0.857. The van der Waals surface area contributed by atoms with Crippen LogP contribution < -0.4 is 0 Å². The van der Waals surface area contributed by atoms with Crippen LogP contribution in [-0.4, -0.2) is 61.9 Å². The molecule has 1 saturated heterocycles. The number of methoxy groups -OCH3 is 1. The van der Waals surface area contributed by atoms with Crippen molar-refractivity contribution in [1.29, 1.82) is 0 Å². The summed E-state index contributed by atoms with van der Waals surface area (Å²) >= 11 is 0. The molecule has 1 amide bonds. The number of carboxylic acids is 1. The number of carbonyl (C=O) groups is 2. The lowest BCUT2D eigenvalue weighted by Crippen LogP contribution is -2.52. The van der Waals surface area contributed by atoms with E-state index in [1.165, 1.54) is 20.0 Å². The summed E-state index contributed by atoms with van der Waals surface area (Å²) < 4.78 is 10.4. The Morgan fingerprint density at radius 1 is 1.40 bits per heavy atom. The predicted octanol–water partition coefficient (Wildman–Crippen LogP) is 0.753.